The van der Waals surface area contributed by atoms with Gasteiger partial charge in [-0.25, -0.2) is 4.98 Å². The minimum Gasteiger partial charge on any atom is -0.399 e. The van der Waals surface area contributed by atoms with Crippen LogP contribution in [-0.4, -0.2) is 34.9 Å². The highest BCUT2D eigenvalue weighted by atomic mass is 32.1. The van der Waals surface area contributed by atoms with Gasteiger partial charge < -0.3 is 11.1 Å². The lowest BCUT2D eigenvalue weighted by Gasteiger charge is -2.19. The fourth-order valence-electron chi connectivity index (χ4n) is 2.94. The number of likely N-dealkylation sites (tertiary alicyclic amines) is 1. The molecule has 2 heterocycles. The molecule has 1 aliphatic rings. The number of thiazole rings is 1. The summed E-state index contributed by atoms with van der Waals surface area (Å²) >= 11 is 1.46. The maximum absolute atomic E-state index is 12.2. The average Bonchev–Trinajstić information content (AvgIpc) is 2.91. The molecule has 112 valence electrons. The first-order chi connectivity index (χ1) is 10.0. The van der Waals surface area contributed by atoms with E-state index in [2.05, 4.69) is 29.0 Å². The van der Waals surface area contributed by atoms with E-state index in [1.807, 2.05) is 18.2 Å². The van der Waals surface area contributed by atoms with Gasteiger partial charge in [-0.05, 0) is 37.5 Å². The molecule has 1 saturated heterocycles. The summed E-state index contributed by atoms with van der Waals surface area (Å²) in [5.74, 6) is 0.668. The second kappa shape index (κ2) is 5.61. The molecule has 0 bridgehead atoms. The van der Waals surface area contributed by atoms with Crippen LogP contribution in [0.3, 0.4) is 0 Å². The lowest BCUT2D eigenvalue weighted by molar-refractivity contribution is -0.117. The van der Waals surface area contributed by atoms with E-state index in [1.165, 1.54) is 11.3 Å². The van der Waals surface area contributed by atoms with Gasteiger partial charge in [0.2, 0.25) is 5.91 Å². The summed E-state index contributed by atoms with van der Waals surface area (Å²) in [5, 5.41) is 3.54. The standard InChI is InChI=1S/C15H20N4OS/c1-9-5-10(2)19(7-9)8-14(20)18-15-17-12-4-3-11(16)6-13(12)21-15/h3-4,6,9-10H,5,7-8,16H2,1-2H3,(H,17,18,20). The molecule has 0 saturated carbocycles. The Morgan fingerprint density at radius 3 is 3.05 bits per heavy atom. The van der Waals surface area contributed by atoms with Crippen LogP contribution in [0.1, 0.15) is 20.3 Å². The van der Waals surface area contributed by atoms with E-state index < -0.39 is 0 Å². The number of nitrogens with one attached hydrogen (secondary N) is 1. The number of aromatic nitrogens is 1. The third-order valence-corrected chi connectivity index (χ3v) is 4.85. The van der Waals surface area contributed by atoms with Gasteiger partial charge in [0.1, 0.15) is 0 Å². The third-order valence-electron chi connectivity index (χ3n) is 3.92. The van der Waals surface area contributed by atoms with Gasteiger partial charge in [-0.15, -0.1) is 0 Å². The van der Waals surface area contributed by atoms with Gasteiger partial charge in [0, 0.05) is 18.3 Å². The molecule has 1 aromatic heterocycles. The molecule has 3 N–H and O–H groups in total. The summed E-state index contributed by atoms with van der Waals surface area (Å²) in [6.07, 6.45) is 1.16. The second-order valence-electron chi connectivity index (χ2n) is 5.91. The molecule has 6 heteroatoms. The molecule has 1 amide bonds. The summed E-state index contributed by atoms with van der Waals surface area (Å²) in [4.78, 5) is 18.8. The first-order valence-electron chi connectivity index (χ1n) is 7.21. The monoisotopic (exact) mass is 304 g/mol. The number of anilines is 2. The second-order valence-corrected chi connectivity index (χ2v) is 6.94. The highest BCUT2D eigenvalue weighted by Gasteiger charge is 2.27. The van der Waals surface area contributed by atoms with E-state index in [-0.39, 0.29) is 5.91 Å². The third kappa shape index (κ3) is 3.16. The van der Waals surface area contributed by atoms with E-state index in [9.17, 15) is 4.79 Å². The van der Waals surface area contributed by atoms with Crippen LogP contribution in [0.4, 0.5) is 10.8 Å². The number of nitrogen functional groups attached to an aromatic ring is 1. The molecule has 3 rings (SSSR count). The SMILES string of the molecule is CC1CC(C)N(CC(=O)Nc2nc3ccc(N)cc3s2)C1. The van der Waals surface area contributed by atoms with E-state index in [0.717, 1.165) is 23.2 Å². The molecule has 21 heavy (non-hydrogen) atoms. The Kier molecular flexibility index (Phi) is 3.82. The summed E-state index contributed by atoms with van der Waals surface area (Å²) < 4.78 is 0.994. The lowest BCUT2D eigenvalue weighted by Crippen LogP contribution is -2.35. The summed E-state index contributed by atoms with van der Waals surface area (Å²) in [6.45, 7) is 5.83. The summed E-state index contributed by atoms with van der Waals surface area (Å²) in [6, 6.07) is 6.05. The van der Waals surface area contributed by atoms with Crippen LogP contribution >= 0.6 is 11.3 Å². The van der Waals surface area contributed by atoms with E-state index in [1.54, 1.807) is 0 Å². The Morgan fingerprint density at radius 2 is 2.33 bits per heavy atom. The topological polar surface area (TPSA) is 71.2 Å². The quantitative estimate of drug-likeness (QED) is 0.855. The van der Waals surface area contributed by atoms with Crippen molar-refractivity contribution in [3.8, 4) is 0 Å². The van der Waals surface area contributed by atoms with Gasteiger partial charge in [-0.1, -0.05) is 18.3 Å². The fourth-order valence-corrected chi connectivity index (χ4v) is 3.87. The van der Waals surface area contributed by atoms with Crippen LogP contribution in [0.25, 0.3) is 10.2 Å². The smallest absolute Gasteiger partial charge is 0.240 e. The number of hydrogen-bond acceptors (Lipinski definition) is 5. The normalized spacial score (nSPS) is 22.8. The van der Waals surface area contributed by atoms with Crippen molar-refractivity contribution in [3.63, 3.8) is 0 Å². The number of hydrogen-bond donors (Lipinski definition) is 2. The molecule has 2 atom stereocenters. The maximum atomic E-state index is 12.2. The zero-order valence-electron chi connectivity index (χ0n) is 12.3. The molecular formula is C15H20N4OS. The predicted octanol–water partition coefficient (Wildman–Crippen LogP) is 2.55. The maximum Gasteiger partial charge on any atom is 0.240 e. The van der Waals surface area contributed by atoms with Gasteiger partial charge in [0.05, 0.1) is 16.8 Å². The molecule has 1 aliphatic heterocycles. The lowest BCUT2D eigenvalue weighted by atomic mass is 10.1. The Bertz CT molecular complexity index is 669. The molecule has 0 spiro atoms. The van der Waals surface area contributed by atoms with Gasteiger partial charge >= 0.3 is 0 Å². The average molecular weight is 304 g/mol. The van der Waals surface area contributed by atoms with Gasteiger partial charge in [-0.3, -0.25) is 9.69 Å². The molecule has 0 aliphatic carbocycles. The van der Waals surface area contributed by atoms with E-state index >= 15 is 0 Å². The Labute approximate surface area is 128 Å². The van der Waals surface area contributed by atoms with Crippen molar-refractivity contribution in [2.24, 2.45) is 5.92 Å². The predicted molar refractivity (Wildman–Crippen MR) is 87.5 cm³/mol. The highest BCUT2D eigenvalue weighted by Crippen LogP contribution is 2.27. The molecule has 1 fully saturated rings. The van der Waals surface area contributed by atoms with Crippen molar-refractivity contribution in [2.75, 3.05) is 24.1 Å². The van der Waals surface area contributed by atoms with Crippen LogP contribution in [0, 0.1) is 5.92 Å². The fraction of sp³-hybridized carbons (Fsp3) is 0.467. The Balaban J connectivity index is 1.66. The van der Waals surface area contributed by atoms with Crippen LogP contribution in [0.2, 0.25) is 0 Å². The van der Waals surface area contributed by atoms with Gasteiger partial charge in [-0.2, -0.15) is 0 Å². The zero-order valence-corrected chi connectivity index (χ0v) is 13.1. The van der Waals surface area contributed by atoms with Crippen LogP contribution in [0.15, 0.2) is 18.2 Å². The van der Waals surface area contributed by atoms with Gasteiger partial charge in [0.25, 0.3) is 0 Å². The Morgan fingerprint density at radius 1 is 1.52 bits per heavy atom. The van der Waals surface area contributed by atoms with Crippen molar-refractivity contribution in [3.05, 3.63) is 18.2 Å². The zero-order chi connectivity index (χ0) is 15.0. The molecular weight excluding hydrogens is 284 g/mol. The van der Waals surface area contributed by atoms with Crippen LogP contribution in [-0.2, 0) is 4.79 Å². The van der Waals surface area contributed by atoms with Crippen molar-refractivity contribution < 1.29 is 4.79 Å². The number of benzene rings is 1. The molecule has 5 nitrogen and oxygen atoms in total. The number of carbonyl (C=O) groups excluding carboxylic acids is 1. The molecule has 0 radical (unpaired) electrons. The molecule has 2 aromatic rings. The van der Waals surface area contributed by atoms with Crippen molar-refractivity contribution in [1.29, 1.82) is 0 Å². The Hall–Kier alpha value is -1.66. The van der Waals surface area contributed by atoms with E-state index in [4.69, 9.17) is 5.73 Å². The minimum absolute atomic E-state index is 0.00276. The van der Waals surface area contributed by atoms with Crippen molar-refractivity contribution >= 4 is 38.3 Å². The summed E-state index contributed by atoms with van der Waals surface area (Å²) in [7, 11) is 0. The molecule has 1 aromatic carbocycles. The van der Waals surface area contributed by atoms with Crippen molar-refractivity contribution in [2.45, 2.75) is 26.3 Å². The number of carbonyl (C=O) groups is 1. The first kappa shape index (κ1) is 14.3. The van der Waals surface area contributed by atoms with Crippen LogP contribution in [0.5, 0.6) is 0 Å². The largest absolute Gasteiger partial charge is 0.399 e. The number of nitrogens with two attached hydrogens (primary N) is 1. The summed E-state index contributed by atoms with van der Waals surface area (Å²) in [5.41, 5.74) is 7.34. The number of rotatable bonds is 3. The number of amides is 1. The van der Waals surface area contributed by atoms with Gasteiger partial charge in [0.15, 0.2) is 5.13 Å². The number of nitrogens with zero attached hydrogens (tertiary/aromatic N) is 2. The van der Waals surface area contributed by atoms with Crippen molar-refractivity contribution in [1.82, 2.24) is 9.88 Å². The minimum atomic E-state index is 0.00276. The highest BCUT2D eigenvalue weighted by molar-refractivity contribution is 7.22. The van der Waals surface area contributed by atoms with E-state index in [0.29, 0.717) is 29.3 Å². The van der Waals surface area contributed by atoms with Crippen LogP contribution < -0.4 is 11.1 Å². The number of fused-ring (bicyclic) bond motifs is 1. The molecule has 2 unspecified atom stereocenters. The first-order valence-corrected chi connectivity index (χ1v) is 8.03.